The van der Waals surface area contributed by atoms with Gasteiger partial charge in [-0.1, -0.05) is 36.4 Å². The topological polar surface area (TPSA) is 21.3 Å². The van der Waals surface area contributed by atoms with E-state index < -0.39 is 0 Å². The van der Waals surface area contributed by atoms with Crippen molar-refractivity contribution in [3.05, 3.63) is 63.2 Å². The van der Waals surface area contributed by atoms with Crippen LogP contribution in [-0.4, -0.2) is 13.2 Å². The number of hydrogen-bond acceptors (Lipinski definition) is 2. The number of para-hydroxylation sites is 1. The molecule has 1 atom stereocenters. The lowest BCUT2D eigenvalue weighted by molar-refractivity contribution is 0.238. The van der Waals surface area contributed by atoms with Gasteiger partial charge in [-0.3, -0.25) is 0 Å². The fraction of sp³-hybridized carbons (Fsp3) is 0.294. The molecule has 20 heavy (non-hydrogen) atoms. The number of hydrogen-bond donors (Lipinski definition) is 1. The van der Waals surface area contributed by atoms with E-state index in [-0.39, 0.29) is 12.1 Å². The van der Waals surface area contributed by atoms with Crippen LogP contribution in [0.25, 0.3) is 0 Å². The molecule has 0 aliphatic carbocycles. The molecule has 0 aliphatic heterocycles. The molecule has 0 saturated heterocycles. The van der Waals surface area contributed by atoms with Crippen molar-refractivity contribution in [2.24, 2.45) is 0 Å². The fourth-order valence-electron chi connectivity index (χ4n) is 2.27. The zero-order valence-corrected chi connectivity index (χ0v) is 14.2. The van der Waals surface area contributed by atoms with Crippen LogP contribution in [0.1, 0.15) is 31.0 Å². The second-order valence-electron chi connectivity index (χ2n) is 4.95. The number of rotatable bonds is 5. The molecule has 0 saturated carbocycles. The average molecular weight is 381 g/mol. The van der Waals surface area contributed by atoms with Gasteiger partial charge in [-0.05, 0) is 61.2 Å². The maximum atomic E-state index is 5.95. The van der Waals surface area contributed by atoms with Gasteiger partial charge >= 0.3 is 0 Å². The first kappa shape index (κ1) is 15.3. The highest BCUT2D eigenvalue weighted by Crippen LogP contribution is 2.32. The quantitative estimate of drug-likeness (QED) is 0.776. The third-order valence-electron chi connectivity index (χ3n) is 3.10. The molecule has 0 fully saturated rings. The van der Waals surface area contributed by atoms with Crippen LogP contribution in [0, 0.1) is 3.57 Å². The van der Waals surface area contributed by atoms with Crippen LogP contribution >= 0.6 is 22.6 Å². The highest BCUT2D eigenvalue weighted by Gasteiger charge is 2.18. The first-order valence-corrected chi connectivity index (χ1v) is 7.88. The Labute approximate surface area is 134 Å². The maximum Gasteiger partial charge on any atom is 0.124 e. The molecule has 1 unspecified atom stereocenters. The smallest absolute Gasteiger partial charge is 0.124 e. The van der Waals surface area contributed by atoms with Crippen LogP contribution in [-0.2, 0) is 0 Å². The van der Waals surface area contributed by atoms with E-state index in [1.807, 2.05) is 19.2 Å². The highest BCUT2D eigenvalue weighted by atomic mass is 127. The Bertz CT molecular complexity index is 568. The Kier molecular flexibility index (Phi) is 5.43. The summed E-state index contributed by atoms with van der Waals surface area (Å²) in [6, 6.07) is 16.8. The molecule has 2 rings (SSSR count). The number of benzene rings is 2. The van der Waals surface area contributed by atoms with Gasteiger partial charge in [0.15, 0.2) is 0 Å². The van der Waals surface area contributed by atoms with E-state index >= 15 is 0 Å². The number of halogens is 1. The summed E-state index contributed by atoms with van der Waals surface area (Å²) < 4.78 is 7.20. The van der Waals surface area contributed by atoms with E-state index in [0.29, 0.717) is 0 Å². The maximum absolute atomic E-state index is 5.95. The van der Waals surface area contributed by atoms with Crippen LogP contribution in [0.3, 0.4) is 0 Å². The summed E-state index contributed by atoms with van der Waals surface area (Å²) in [4.78, 5) is 0. The SMILES string of the molecule is CNC(c1ccccc1I)c1ccccc1OC(C)C. The van der Waals surface area contributed by atoms with Crippen molar-refractivity contribution >= 4 is 22.6 Å². The molecule has 0 heterocycles. The molecule has 2 aromatic carbocycles. The second kappa shape index (κ2) is 7.09. The molecule has 0 amide bonds. The lowest BCUT2D eigenvalue weighted by Gasteiger charge is -2.22. The molecule has 0 aliphatic rings. The monoisotopic (exact) mass is 381 g/mol. The minimum atomic E-state index is 0.137. The van der Waals surface area contributed by atoms with Crippen molar-refractivity contribution in [2.75, 3.05) is 7.05 Å². The van der Waals surface area contributed by atoms with Crippen LogP contribution in [0.2, 0.25) is 0 Å². The normalized spacial score (nSPS) is 12.4. The van der Waals surface area contributed by atoms with Gasteiger partial charge in [-0.25, -0.2) is 0 Å². The Balaban J connectivity index is 2.45. The van der Waals surface area contributed by atoms with Crippen molar-refractivity contribution in [1.29, 1.82) is 0 Å². The Hall–Kier alpha value is -1.07. The van der Waals surface area contributed by atoms with E-state index in [1.165, 1.54) is 14.7 Å². The molecule has 2 nitrogen and oxygen atoms in total. The third kappa shape index (κ3) is 3.52. The highest BCUT2D eigenvalue weighted by molar-refractivity contribution is 14.1. The third-order valence-corrected chi connectivity index (χ3v) is 4.08. The van der Waals surface area contributed by atoms with Crippen molar-refractivity contribution in [1.82, 2.24) is 5.32 Å². The number of nitrogens with one attached hydrogen (secondary N) is 1. The minimum absolute atomic E-state index is 0.137. The molecule has 0 aromatic heterocycles. The lowest BCUT2D eigenvalue weighted by atomic mass is 9.98. The zero-order chi connectivity index (χ0) is 14.5. The van der Waals surface area contributed by atoms with Crippen molar-refractivity contribution in [2.45, 2.75) is 26.0 Å². The first-order valence-electron chi connectivity index (χ1n) is 6.80. The molecule has 1 N–H and O–H groups in total. The van der Waals surface area contributed by atoms with Gasteiger partial charge in [-0.15, -0.1) is 0 Å². The summed E-state index contributed by atoms with van der Waals surface area (Å²) in [7, 11) is 1.99. The first-order chi connectivity index (χ1) is 9.63. The van der Waals surface area contributed by atoms with E-state index in [2.05, 4.69) is 78.2 Å². The van der Waals surface area contributed by atoms with Gasteiger partial charge < -0.3 is 10.1 Å². The minimum Gasteiger partial charge on any atom is -0.491 e. The largest absolute Gasteiger partial charge is 0.491 e. The lowest BCUT2D eigenvalue weighted by Crippen LogP contribution is -2.20. The van der Waals surface area contributed by atoms with Gasteiger partial charge in [0.25, 0.3) is 0 Å². The van der Waals surface area contributed by atoms with Gasteiger partial charge in [0.2, 0.25) is 0 Å². The van der Waals surface area contributed by atoms with E-state index in [0.717, 1.165) is 5.75 Å². The molecule has 2 aromatic rings. The summed E-state index contributed by atoms with van der Waals surface area (Å²) in [5.41, 5.74) is 2.45. The van der Waals surface area contributed by atoms with Gasteiger partial charge in [0.05, 0.1) is 12.1 Å². The zero-order valence-electron chi connectivity index (χ0n) is 12.1. The van der Waals surface area contributed by atoms with Crippen LogP contribution in [0.5, 0.6) is 5.75 Å². The van der Waals surface area contributed by atoms with Crippen LogP contribution in [0.15, 0.2) is 48.5 Å². The molecule has 0 radical (unpaired) electrons. The predicted molar refractivity (Wildman–Crippen MR) is 92.3 cm³/mol. The second-order valence-corrected chi connectivity index (χ2v) is 6.11. The van der Waals surface area contributed by atoms with E-state index in [9.17, 15) is 0 Å². The van der Waals surface area contributed by atoms with Crippen molar-refractivity contribution < 1.29 is 4.74 Å². The standard InChI is InChI=1S/C17H20INO/c1-12(2)20-16-11-7-5-9-14(16)17(19-3)13-8-4-6-10-15(13)18/h4-12,17,19H,1-3H3. The predicted octanol–water partition coefficient (Wildman–Crippen LogP) is 4.39. The van der Waals surface area contributed by atoms with Crippen LogP contribution < -0.4 is 10.1 Å². The number of ether oxygens (including phenoxy) is 1. The van der Waals surface area contributed by atoms with Crippen LogP contribution in [0.4, 0.5) is 0 Å². The average Bonchev–Trinajstić information content (AvgIpc) is 2.43. The summed E-state index contributed by atoms with van der Waals surface area (Å²) in [5.74, 6) is 0.946. The summed E-state index contributed by atoms with van der Waals surface area (Å²) >= 11 is 2.38. The Morgan fingerprint density at radius 2 is 1.55 bits per heavy atom. The summed E-state index contributed by atoms with van der Waals surface area (Å²) in [6.45, 7) is 4.11. The summed E-state index contributed by atoms with van der Waals surface area (Å²) in [5, 5.41) is 3.40. The molecule has 0 bridgehead atoms. The molecule has 0 spiro atoms. The molecule has 3 heteroatoms. The fourth-order valence-corrected chi connectivity index (χ4v) is 2.97. The van der Waals surface area contributed by atoms with Gasteiger partial charge in [0, 0.05) is 9.13 Å². The Morgan fingerprint density at radius 3 is 2.15 bits per heavy atom. The molecule has 106 valence electrons. The molecular weight excluding hydrogens is 361 g/mol. The molecular formula is C17H20INO. The Morgan fingerprint density at radius 1 is 0.950 bits per heavy atom. The van der Waals surface area contributed by atoms with E-state index in [1.54, 1.807) is 0 Å². The van der Waals surface area contributed by atoms with Crippen molar-refractivity contribution in [3.63, 3.8) is 0 Å². The summed E-state index contributed by atoms with van der Waals surface area (Å²) in [6.07, 6.45) is 0.170. The van der Waals surface area contributed by atoms with Gasteiger partial charge in [-0.2, -0.15) is 0 Å². The van der Waals surface area contributed by atoms with Gasteiger partial charge in [0.1, 0.15) is 5.75 Å². The van der Waals surface area contributed by atoms with E-state index in [4.69, 9.17) is 4.74 Å². The van der Waals surface area contributed by atoms with Crippen molar-refractivity contribution in [3.8, 4) is 5.75 Å².